The molecule has 2 N–H and O–H groups in total. The predicted octanol–water partition coefficient (Wildman–Crippen LogP) is 0.893. The summed E-state index contributed by atoms with van der Waals surface area (Å²) in [5.74, 6) is 0. The third kappa shape index (κ3) is 3.40. The lowest BCUT2D eigenvalue weighted by atomic mass is 10.2. The van der Waals surface area contributed by atoms with E-state index in [1.807, 2.05) is 12.1 Å². The first-order valence-electron chi connectivity index (χ1n) is 7.71. The molecule has 2 aromatic carbocycles. The second kappa shape index (κ2) is 6.75. The fraction of sp³-hybridized carbons (Fsp3) is 0.250. The first-order chi connectivity index (χ1) is 11.9. The van der Waals surface area contributed by atoms with Crippen molar-refractivity contribution in [3.05, 3.63) is 54.1 Å². The van der Waals surface area contributed by atoms with Crippen LogP contribution in [0.4, 0.5) is 5.69 Å². The zero-order valence-corrected chi connectivity index (χ0v) is 15.3. The van der Waals surface area contributed by atoms with E-state index in [9.17, 15) is 16.8 Å². The third-order valence-electron chi connectivity index (χ3n) is 4.06. The van der Waals surface area contributed by atoms with Crippen molar-refractivity contribution < 1.29 is 16.8 Å². The number of para-hydroxylation sites is 1. The minimum absolute atomic E-state index is 0.0203. The van der Waals surface area contributed by atoms with Crippen molar-refractivity contribution in [3.63, 3.8) is 0 Å². The highest BCUT2D eigenvalue weighted by Crippen LogP contribution is 2.28. The maximum atomic E-state index is 13.1. The summed E-state index contributed by atoms with van der Waals surface area (Å²) in [6, 6.07) is 12.6. The summed E-state index contributed by atoms with van der Waals surface area (Å²) in [4.78, 5) is 0.0751. The van der Waals surface area contributed by atoms with Gasteiger partial charge in [0, 0.05) is 19.6 Å². The van der Waals surface area contributed by atoms with Gasteiger partial charge in [0.05, 0.1) is 15.5 Å². The molecule has 2 aromatic rings. The molecule has 0 saturated carbocycles. The molecular formula is C16H19N3O4S2. The molecule has 0 fully saturated rings. The van der Waals surface area contributed by atoms with E-state index >= 15 is 0 Å². The van der Waals surface area contributed by atoms with Gasteiger partial charge < -0.3 is 5.32 Å². The molecule has 0 amide bonds. The summed E-state index contributed by atoms with van der Waals surface area (Å²) < 4.78 is 53.3. The van der Waals surface area contributed by atoms with Crippen molar-refractivity contribution in [2.45, 2.75) is 16.3 Å². The largest absolute Gasteiger partial charge is 0.311 e. The monoisotopic (exact) mass is 381 g/mol. The van der Waals surface area contributed by atoms with Crippen LogP contribution in [0.1, 0.15) is 5.56 Å². The van der Waals surface area contributed by atoms with Gasteiger partial charge in [0.25, 0.3) is 10.0 Å². The molecule has 0 aromatic heterocycles. The van der Waals surface area contributed by atoms with Crippen molar-refractivity contribution in [1.82, 2.24) is 10.0 Å². The normalized spacial score (nSPS) is 15.5. The molecule has 0 aliphatic carbocycles. The van der Waals surface area contributed by atoms with E-state index in [0.717, 1.165) is 5.56 Å². The summed E-state index contributed by atoms with van der Waals surface area (Å²) in [6.07, 6.45) is 0. The summed E-state index contributed by atoms with van der Waals surface area (Å²) in [5.41, 5.74) is 1.54. The number of hydrogen-bond acceptors (Lipinski definition) is 5. The fourth-order valence-corrected chi connectivity index (χ4v) is 4.95. The van der Waals surface area contributed by atoms with Crippen LogP contribution in [-0.4, -0.2) is 37.0 Å². The van der Waals surface area contributed by atoms with Crippen molar-refractivity contribution >= 4 is 25.7 Å². The van der Waals surface area contributed by atoms with Crippen LogP contribution in [0, 0.1) is 0 Å². The van der Waals surface area contributed by atoms with Gasteiger partial charge in [0.15, 0.2) is 0 Å². The standard InChI is InChI=1S/C16H19N3O4S2/c1-17-24(20,21)14-6-8-15(9-7-14)25(22,23)19-11-10-18-12-13-4-2-3-5-16(13)19/h2-9,17-18H,10-12H2,1H3. The maximum absolute atomic E-state index is 13.1. The lowest BCUT2D eigenvalue weighted by molar-refractivity contribution is 0.585. The molecule has 0 saturated heterocycles. The highest BCUT2D eigenvalue weighted by molar-refractivity contribution is 7.93. The molecule has 7 nitrogen and oxygen atoms in total. The first-order valence-corrected chi connectivity index (χ1v) is 10.6. The third-order valence-corrected chi connectivity index (χ3v) is 7.32. The minimum Gasteiger partial charge on any atom is -0.311 e. The Labute approximate surface area is 147 Å². The predicted molar refractivity (Wildman–Crippen MR) is 95.4 cm³/mol. The molecule has 1 aliphatic heterocycles. The van der Waals surface area contributed by atoms with Crippen molar-refractivity contribution in [3.8, 4) is 0 Å². The Morgan fingerprint density at radius 1 is 0.960 bits per heavy atom. The van der Waals surface area contributed by atoms with Crippen LogP contribution in [0.3, 0.4) is 0 Å². The van der Waals surface area contributed by atoms with Crippen LogP contribution < -0.4 is 14.3 Å². The van der Waals surface area contributed by atoms with E-state index < -0.39 is 20.0 Å². The van der Waals surface area contributed by atoms with Crippen LogP contribution in [0.25, 0.3) is 0 Å². The summed E-state index contributed by atoms with van der Waals surface area (Å²) in [6.45, 7) is 1.43. The number of rotatable bonds is 4. The number of sulfonamides is 2. The second-order valence-electron chi connectivity index (χ2n) is 5.56. The Morgan fingerprint density at radius 3 is 2.28 bits per heavy atom. The average molecular weight is 381 g/mol. The van der Waals surface area contributed by atoms with Crippen LogP contribution >= 0.6 is 0 Å². The molecule has 1 heterocycles. The second-order valence-corrected chi connectivity index (χ2v) is 9.31. The molecule has 134 valence electrons. The number of fused-ring (bicyclic) bond motifs is 1. The number of anilines is 1. The van der Waals surface area contributed by atoms with E-state index in [1.54, 1.807) is 12.1 Å². The van der Waals surface area contributed by atoms with Crippen LogP contribution in [0.5, 0.6) is 0 Å². The van der Waals surface area contributed by atoms with E-state index in [4.69, 9.17) is 0 Å². The molecule has 9 heteroatoms. The van der Waals surface area contributed by atoms with E-state index in [2.05, 4.69) is 10.0 Å². The lowest BCUT2D eigenvalue weighted by Gasteiger charge is -2.24. The zero-order chi connectivity index (χ0) is 18.1. The van der Waals surface area contributed by atoms with Gasteiger partial charge in [-0.3, -0.25) is 4.31 Å². The van der Waals surface area contributed by atoms with Gasteiger partial charge in [-0.05, 0) is 42.9 Å². The number of hydrogen-bond donors (Lipinski definition) is 2. The minimum atomic E-state index is -3.79. The first kappa shape index (κ1) is 17.9. The highest BCUT2D eigenvalue weighted by atomic mass is 32.2. The van der Waals surface area contributed by atoms with Gasteiger partial charge in [-0.25, -0.2) is 21.6 Å². The Bertz CT molecular complexity index is 971. The quantitative estimate of drug-likeness (QED) is 0.820. The molecular weight excluding hydrogens is 362 g/mol. The maximum Gasteiger partial charge on any atom is 0.264 e. The number of benzene rings is 2. The lowest BCUT2D eigenvalue weighted by Crippen LogP contribution is -2.34. The number of nitrogens with one attached hydrogen (secondary N) is 2. The Morgan fingerprint density at radius 2 is 1.60 bits per heavy atom. The summed E-state index contributed by atoms with van der Waals surface area (Å²) in [7, 11) is -6.09. The molecule has 0 unspecified atom stereocenters. The van der Waals surface area contributed by atoms with Gasteiger partial charge in [-0.1, -0.05) is 18.2 Å². The zero-order valence-electron chi connectivity index (χ0n) is 13.6. The number of nitrogens with zero attached hydrogens (tertiary/aromatic N) is 1. The van der Waals surface area contributed by atoms with Crippen molar-refractivity contribution in [2.75, 3.05) is 24.4 Å². The van der Waals surface area contributed by atoms with Crippen LogP contribution in [0.2, 0.25) is 0 Å². The van der Waals surface area contributed by atoms with E-state index in [0.29, 0.717) is 25.3 Å². The van der Waals surface area contributed by atoms with Gasteiger partial charge in [0.2, 0.25) is 10.0 Å². The topological polar surface area (TPSA) is 95.6 Å². The highest BCUT2D eigenvalue weighted by Gasteiger charge is 2.28. The van der Waals surface area contributed by atoms with E-state index in [-0.39, 0.29) is 9.79 Å². The van der Waals surface area contributed by atoms with Gasteiger partial charge >= 0.3 is 0 Å². The molecule has 0 atom stereocenters. The summed E-state index contributed by atoms with van der Waals surface area (Å²) in [5, 5.41) is 3.20. The van der Waals surface area contributed by atoms with Crippen molar-refractivity contribution in [1.29, 1.82) is 0 Å². The Kier molecular flexibility index (Phi) is 4.83. The Balaban J connectivity index is 2.02. The molecule has 25 heavy (non-hydrogen) atoms. The fourth-order valence-electron chi connectivity index (χ4n) is 2.71. The SMILES string of the molecule is CNS(=O)(=O)c1ccc(S(=O)(=O)N2CCNCc3ccccc32)cc1. The van der Waals surface area contributed by atoms with Gasteiger partial charge in [0.1, 0.15) is 0 Å². The molecule has 0 spiro atoms. The van der Waals surface area contributed by atoms with Gasteiger partial charge in [-0.2, -0.15) is 0 Å². The summed E-state index contributed by atoms with van der Waals surface area (Å²) >= 11 is 0. The van der Waals surface area contributed by atoms with Crippen LogP contribution in [-0.2, 0) is 26.6 Å². The van der Waals surface area contributed by atoms with Gasteiger partial charge in [-0.15, -0.1) is 0 Å². The molecule has 0 radical (unpaired) electrons. The molecule has 0 bridgehead atoms. The smallest absolute Gasteiger partial charge is 0.264 e. The average Bonchev–Trinajstić information content (AvgIpc) is 2.84. The molecule has 3 rings (SSSR count). The van der Waals surface area contributed by atoms with Crippen molar-refractivity contribution in [2.24, 2.45) is 0 Å². The molecule has 1 aliphatic rings. The van der Waals surface area contributed by atoms with E-state index in [1.165, 1.54) is 35.6 Å². The Hall–Kier alpha value is -1.94. The van der Waals surface area contributed by atoms with Crippen LogP contribution in [0.15, 0.2) is 58.3 Å².